The van der Waals surface area contributed by atoms with Gasteiger partial charge in [-0.15, -0.1) is 0 Å². The van der Waals surface area contributed by atoms with E-state index in [-0.39, 0.29) is 29.2 Å². The van der Waals surface area contributed by atoms with Gasteiger partial charge in [0.05, 0.1) is 10.5 Å². The Morgan fingerprint density at radius 3 is 2.52 bits per heavy atom. The van der Waals surface area contributed by atoms with Crippen molar-refractivity contribution < 1.29 is 18.5 Å². The van der Waals surface area contributed by atoms with E-state index in [4.69, 9.17) is 5.73 Å². The lowest BCUT2D eigenvalue weighted by molar-refractivity contribution is -0.385. The molecule has 1 heterocycles. The number of nitrogens with one attached hydrogen (secondary N) is 1. The number of nitrogens with two attached hydrogens (primary N) is 1. The van der Waals surface area contributed by atoms with E-state index in [1.54, 1.807) is 0 Å². The van der Waals surface area contributed by atoms with Crippen LogP contribution in [0, 0.1) is 10.1 Å². The second-order valence-electron chi connectivity index (χ2n) is 4.61. The minimum Gasteiger partial charge on any atom is -0.365 e. The van der Waals surface area contributed by atoms with Crippen molar-refractivity contribution >= 4 is 17.4 Å². The summed E-state index contributed by atoms with van der Waals surface area (Å²) in [5.74, 6) is -0.780. The topological polar surface area (TPSA) is 111 Å². The maximum Gasteiger partial charge on any atom is 0.288 e. The average molecular weight is 322 g/mol. The first-order chi connectivity index (χ1) is 10.9. The van der Waals surface area contributed by atoms with E-state index in [0.29, 0.717) is 5.56 Å². The third-order valence-corrected chi connectivity index (χ3v) is 3.04. The van der Waals surface area contributed by atoms with Crippen LogP contribution in [0.2, 0.25) is 0 Å². The first-order valence-corrected chi connectivity index (χ1v) is 6.43. The summed E-state index contributed by atoms with van der Waals surface area (Å²) >= 11 is 0. The average Bonchev–Trinajstić information content (AvgIpc) is 2.52. The normalized spacial score (nSPS) is 10.6. The van der Waals surface area contributed by atoms with Crippen LogP contribution in [0.15, 0.2) is 36.5 Å². The number of nitrogens with zero attached hydrogens (tertiary/aromatic N) is 2. The molecular weight excluding hydrogens is 310 g/mol. The number of benzene rings is 1. The molecule has 0 bridgehead atoms. The maximum atomic E-state index is 12.5. The van der Waals surface area contributed by atoms with Gasteiger partial charge in [-0.05, 0) is 5.56 Å². The lowest BCUT2D eigenvalue weighted by Gasteiger charge is -2.09. The Kier molecular flexibility index (Phi) is 4.79. The zero-order valence-electron chi connectivity index (χ0n) is 11.7. The van der Waals surface area contributed by atoms with Crippen LogP contribution in [-0.4, -0.2) is 15.8 Å². The minimum absolute atomic E-state index is 0.0843. The molecule has 0 radical (unpaired) electrons. The molecule has 1 aromatic carbocycles. The number of alkyl halides is 2. The number of carbonyl (C=O) groups excluding carboxylic acids is 1. The molecule has 2 aromatic rings. The fourth-order valence-corrected chi connectivity index (χ4v) is 1.85. The second kappa shape index (κ2) is 6.77. The zero-order valence-corrected chi connectivity index (χ0v) is 11.7. The number of hydrogen-bond donors (Lipinski definition) is 2. The molecule has 2 rings (SSSR count). The van der Waals surface area contributed by atoms with Crippen molar-refractivity contribution in [1.29, 1.82) is 0 Å². The van der Waals surface area contributed by atoms with Crippen LogP contribution in [0.4, 0.5) is 20.3 Å². The van der Waals surface area contributed by atoms with E-state index in [9.17, 15) is 23.7 Å². The largest absolute Gasteiger partial charge is 0.365 e. The molecule has 3 N–H and O–H groups in total. The molecule has 0 aliphatic carbocycles. The Labute approximate surface area is 129 Å². The molecule has 0 spiro atoms. The summed E-state index contributed by atoms with van der Waals surface area (Å²) < 4.78 is 24.9. The highest BCUT2D eigenvalue weighted by atomic mass is 19.3. The lowest BCUT2D eigenvalue weighted by Crippen LogP contribution is -2.16. The first-order valence-electron chi connectivity index (χ1n) is 6.43. The van der Waals surface area contributed by atoms with Gasteiger partial charge in [-0.25, -0.2) is 13.8 Å². The van der Waals surface area contributed by atoms with Crippen molar-refractivity contribution in [3.63, 3.8) is 0 Å². The summed E-state index contributed by atoms with van der Waals surface area (Å²) in [6.07, 6.45) is -1.55. The number of pyridine rings is 1. The molecule has 0 atom stereocenters. The van der Waals surface area contributed by atoms with Crippen LogP contribution in [-0.2, 0) is 6.54 Å². The van der Waals surface area contributed by atoms with E-state index in [0.717, 1.165) is 12.3 Å². The van der Waals surface area contributed by atoms with Crippen molar-refractivity contribution in [2.45, 2.75) is 13.0 Å². The van der Waals surface area contributed by atoms with Crippen LogP contribution < -0.4 is 11.1 Å². The molecule has 9 heteroatoms. The molecule has 23 heavy (non-hydrogen) atoms. The minimum atomic E-state index is -2.55. The zero-order chi connectivity index (χ0) is 17.0. The third-order valence-electron chi connectivity index (χ3n) is 3.04. The Hall–Kier alpha value is -3.10. The highest BCUT2D eigenvalue weighted by molar-refractivity contribution is 5.98. The quantitative estimate of drug-likeness (QED) is 0.627. The monoisotopic (exact) mass is 322 g/mol. The van der Waals surface area contributed by atoms with E-state index in [2.05, 4.69) is 10.3 Å². The molecule has 1 aromatic heterocycles. The Balaban J connectivity index is 2.16. The number of aromatic nitrogens is 1. The Morgan fingerprint density at radius 2 is 2.00 bits per heavy atom. The van der Waals surface area contributed by atoms with Crippen LogP contribution in [0.5, 0.6) is 0 Å². The van der Waals surface area contributed by atoms with Crippen LogP contribution in [0.1, 0.15) is 27.9 Å². The van der Waals surface area contributed by atoms with Gasteiger partial charge in [-0.3, -0.25) is 14.9 Å². The molecular formula is C14H12F2N4O3. The fourth-order valence-electron chi connectivity index (χ4n) is 1.85. The predicted octanol–water partition coefficient (Wildman–Crippen LogP) is 2.64. The van der Waals surface area contributed by atoms with Crippen LogP contribution in [0.3, 0.4) is 0 Å². The summed E-state index contributed by atoms with van der Waals surface area (Å²) in [6.45, 7) is 0.189. The van der Waals surface area contributed by atoms with E-state index >= 15 is 0 Å². The van der Waals surface area contributed by atoms with E-state index < -0.39 is 17.3 Å². The molecule has 0 aliphatic heterocycles. The van der Waals surface area contributed by atoms with Gasteiger partial charge in [0.1, 0.15) is 12.0 Å². The van der Waals surface area contributed by atoms with Gasteiger partial charge in [-0.1, -0.05) is 24.3 Å². The van der Waals surface area contributed by atoms with E-state index in [1.165, 1.54) is 24.3 Å². The number of nitro groups is 1. The molecule has 0 saturated heterocycles. The SMILES string of the molecule is NC(=O)c1cc([N+](=O)[O-])cnc1NCc1ccc(C(F)F)cc1. The van der Waals surface area contributed by atoms with Gasteiger partial charge in [0.2, 0.25) is 0 Å². The van der Waals surface area contributed by atoms with E-state index in [1.807, 2.05) is 0 Å². The first kappa shape index (κ1) is 16.3. The summed E-state index contributed by atoms with van der Waals surface area (Å²) in [5, 5.41) is 13.5. The maximum absolute atomic E-state index is 12.5. The number of hydrogen-bond acceptors (Lipinski definition) is 5. The van der Waals surface area contributed by atoms with Gasteiger partial charge >= 0.3 is 0 Å². The van der Waals surface area contributed by atoms with Crippen molar-refractivity contribution in [2.75, 3.05) is 5.32 Å². The van der Waals surface area contributed by atoms with Crippen molar-refractivity contribution in [1.82, 2.24) is 4.98 Å². The summed E-state index contributed by atoms with van der Waals surface area (Å²) in [6, 6.07) is 6.62. The smallest absolute Gasteiger partial charge is 0.288 e. The highest BCUT2D eigenvalue weighted by Crippen LogP contribution is 2.21. The number of carbonyl (C=O) groups is 1. The van der Waals surface area contributed by atoms with Crippen molar-refractivity contribution in [3.05, 3.63) is 63.3 Å². The molecule has 0 unspecified atom stereocenters. The predicted molar refractivity (Wildman–Crippen MR) is 78.1 cm³/mol. The van der Waals surface area contributed by atoms with Crippen LogP contribution in [0.25, 0.3) is 0 Å². The fraction of sp³-hybridized carbons (Fsp3) is 0.143. The molecule has 1 amide bonds. The summed E-state index contributed by atoms with van der Waals surface area (Å²) in [7, 11) is 0. The molecule has 0 aliphatic rings. The lowest BCUT2D eigenvalue weighted by atomic mass is 10.1. The number of primary amides is 1. The van der Waals surface area contributed by atoms with Crippen molar-refractivity contribution in [3.8, 4) is 0 Å². The number of amides is 1. The number of halogens is 2. The standard InChI is InChI=1S/C14H12F2N4O3/c15-12(16)9-3-1-8(2-4-9)6-18-14-11(13(17)21)5-10(7-19-14)20(22)23/h1-5,7,12H,6H2,(H2,17,21)(H,18,19). The molecule has 7 nitrogen and oxygen atoms in total. The van der Waals surface area contributed by atoms with Gasteiger partial charge in [0.25, 0.3) is 18.0 Å². The van der Waals surface area contributed by atoms with Gasteiger partial charge in [0, 0.05) is 18.2 Å². The second-order valence-corrected chi connectivity index (χ2v) is 4.61. The van der Waals surface area contributed by atoms with Gasteiger partial charge < -0.3 is 11.1 Å². The Bertz CT molecular complexity index is 735. The summed E-state index contributed by atoms with van der Waals surface area (Å²) in [4.78, 5) is 25.2. The third kappa shape index (κ3) is 3.96. The number of rotatable bonds is 6. The Morgan fingerprint density at radius 1 is 1.35 bits per heavy atom. The van der Waals surface area contributed by atoms with Gasteiger partial charge in [0.15, 0.2) is 0 Å². The van der Waals surface area contributed by atoms with Gasteiger partial charge in [-0.2, -0.15) is 0 Å². The molecule has 0 fully saturated rings. The van der Waals surface area contributed by atoms with Crippen molar-refractivity contribution in [2.24, 2.45) is 5.73 Å². The highest BCUT2D eigenvalue weighted by Gasteiger charge is 2.16. The van der Waals surface area contributed by atoms with Crippen LogP contribution >= 0.6 is 0 Å². The molecule has 0 saturated carbocycles. The molecule has 120 valence electrons. The summed E-state index contributed by atoms with van der Waals surface area (Å²) in [5.41, 5.74) is 5.28. The number of anilines is 1.